The number of ether oxygens (including phenoxy) is 1. The van der Waals surface area contributed by atoms with E-state index in [1.54, 1.807) is 31.5 Å². The van der Waals surface area contributed by atoms with Crippen LogP contribution < -0.4 is 33.2 Å². The molecule has 2 unspecified atom stereocenters. The van der Waals surface area contributed by atoms with E-state index >= 15 is 0 Å². The van der Waals surface area contributed by atoms with Crippen molar-refractivity contribution < 1.29 is 18.7 Å². The Morgan fingerprint density at radius 2 is 1.94 bits per heavy atom. The normalized spacial score (nSPS) is 18.1. The average Bonchev–Trinajstić information content (AvgIpc) is 3.17. The number of hydrogen-bond acceptors (Lipinski definition) is 8. The summed E-state index contributed by atoms with van der Waals surface area (Å²) in [5.74, 6) is -0.238. The number of halogens is 1. The lowest BCUT2D eigenvalue weighted by molar-refractivity contribution is -0.106. The van der Waals surface area contributed by atoms with Gasteiger partial charge in [-0.25, -0.2) is 9.18 Å². The van der Waals surface area contributed by atoms with Crippen molar-refractivity contribution in [3.05, 3.63) is 53.6 Å². The number of anilines is 1. The molecule has 1 aromatic carbocycles. The van der Waals surface area contributed by atoms with Crippen molar-refractivity contribution in [2.75, 3.05) is 46.2 Å². The van der Waals surface area contributed by atoms with Gasteiger partial charge in [-0.2, -0.15) is 0 Å². The summed E-state index contributed by atoms with van der Waals surface area (Å²) >= 11 is 0. The topological polar surface area (TPSA) is 178 Å². The first-order valence-electron chi connectivity index (χ1n) is 10.4. The van der Waals surface area contributed by atoms with Crippen LogP contribution in [-0.4, -0.2) is 70.6 Å². The minimum atomic E-state index is -0.451. The van der Waals surface area contributed by atoms with Crippen LogP contribution in [0.5, 0.6) is 0 Å². The maximum atomic E-state index is 14.6. The van der Waals surface area contributed by atoms with Gasteiger partial charge in [0, 0.05) is 38.1 Å². The smallest absolute Gasteiger partial charge is 0.414 e. The molecule has 11 nitrogen and oxygen atoms in total. The van der Waals surface area contributed by atoms with Crippen LogP contribution in [0.25, 0.3) is 0 Å². The molecule has 12 heteroatoms. The zero-order valence-electron chi connectivity index (χ0n) is 20.4. The number of carbonyl (C=O) groups excluding carboxylic acids is 2. The summed E-state index contributed by atoms with van der Waals surface area (Å²) < 4.78 is 19.9. The number of aldehydes is 1. The summed E-state index contributed by atoms with van der Waals surface area (Å²) in [7, 11) is 6.67. The number of rotatable bonds is 4. The number of cyclic esters (lactones) is 1. The van der Waals surface area contributed by atoms with Crippen molar-refractivity contribution in [1.29, 1.82) is 0 Å². The molecule has 0 bridgehead atoms. The highest BCUT2D eigenvalue weighted by Crippen LogP contribution is 2.30. The monoisotopic (exact) mass is 480 g/mol. The van der Waals surface area contributed by atoms with Gasteiger partial charge in [-0.15, -0.1) is 0 Å². The summed E-state index contributed by atoms with van der Waals surface area (Å²) in [6, 6.07) is 4.59. The quantitative estimate of drug-likeness (QED) is 0.231. The fourth-order valence-corrected chi connectivity index (χ4v) is 3.01. The number of nitrogens with two attached hydrogens (primary N) is 4. The van der Waals surface area contributed by atoms with Gasteiger partial charge in [-0.1, -0.05) is 12.1 Å². The van der Waals surface area contributed by atoms with E-state index in [1.165, 1.54) is 32.0 Å². The molecule has 0 spiro atoms. The molecule has 0 saturated carbocycles. The second-order valence-corrected chi connectivity index (χ2v) is 6.86. The van der Waals surface area contributed by atoms with Crippen molar-refractivity contribution in [2.24, 2.45) is 27.9 Å². The Balaban J connectivity index is 0.000000935. The number of amides is 1. The van der Waals surface area contributed by atoms with E-state index in [2.05, 4.69) is 16.0 Å². The molecule has 1 aromatic rings. The van der Waals surface area contributed by atoms with E-state index in [0.717, 1.165) is 6.29 Å². The number of aliphatic imine (C=N–C) groups is 1. The third kappa shape index (κ3) is 9.46. The summed E-state index contributed by atoms with van der Waals surface area (Å²) in [5, 5.41) is 2.97. The number of benzene rings is 1. The van der Waals surface area contributed by atoms with Crippen LogP contribution in [0.15, 0.2) is 47.2 Å². The largest absolute Gasteiger partial charge is 0.443 e. The van der Waals surface area contributed by atoms with Gasteiger partial charge < -0.3 is 42.7 Å². The lowest BCUT2D eigenvalue weighted by atomic mass is 10.0. The number of likely N-dealkylation sites (N-methyl/N-ethyl adjacent to an activating group) is 2. The number of hydrogen-bond donors (Lipinski definition) is 5. The molecule has 0 aromatic heterocycles. The van der Waals surface area contributed by atoms with Gasteiger partial charge in [0.15, 0.2) is 5.96 Å². The van der Waals surface area contributed by atoms with Gasteiger partial charge in [0.2, 0.25) is 0 Å². The standard InChI is InChI=1S/C17H21FN4O2.C2H7N3.C2H4O.CH5N/c1-20-8-13-10-22(17(23)24-13)12-4-5-14(15(18)7-12)16-6-3-11(19)9-21(16)2;1-5-2(3)4;1-2-3;1-2/h3-7,9,13,16,20H,8,10,19H2,1-2H3;1H3,(H4,3,4,5);2H,1H3;2H2,1H3. The van der Waals surface area contributed by atoms with E-state index in [0.29, 0.717) is 30.0 Å². The zero-order chi connectivity index (χ0) is 26.3. The molecule has 1 saturated heterocycles. The molecule has 2 aliphatic heterocycles. The number of nitrogens with one attached hydrogen (secondary N) is 1. The van der Waals surface area contributed by atoms with Gasteiger partial charge in [0.1, 0.15) is 18.2 Å². The molecule has 2 atom stereocenters. The molecule has 3 rings (SSSR count). The van der Waals surface area contributed by atoms with Crippen LogP contribution >= 0.6 is 0 Å². The van der Waals surface area contributed by atoms with Crippen molar-refractivity contribution in [1.82, 2.24) is 10.2 Å². The van der Waals surface area contributed by atoms with Crippen molar-refractivity contribution in [3.63, 3.8) is 0 Å². The lowest BCUT2D eigenvalue weighted by Crippen LogP contribution is -2.29. The number of carbonyl (C=O) groups is 2. The average molecular weight is 481 g/mol. The molecule has 0 radical (unpaired) electrons. The van der Waals surface area contributed by atoms with E-state index in [-0.39, 0.29) is 23.9 Å². The van der Waals surface area contributed by atoms with Gasteiger partial charge in [-0.3, -0.25) is 9.89 Å². The maximum Gasteiger partial charge on any atom is 0.414 e. The molecule has 9 N–H and O–H groups in total. The van der Waals surface area contributed by atoms with Gasteiger partial charge in [-0.05, 0) is 39.2 Å². The zero-order valence-corrected chi connectivity index (χ0v) is 20.4. The Labute approximate surface area is 200 Å². The highest BCUT2D eigenvalue weighted by atomic mass is 19.1. The van der Waals surface area contributed by atoms with Crippen LogP contribution in [-0.2, 0) is 9.53 Å². The van der Waals surface area contributed by atoms with E-state index in [4.69, 9.17) is 26.7 Å². The molecule has 1 amide bonds. The van der Waals surface area contributed by atoms with Crippen molar-refractivity contribution >= 4 is 24.0 Å². The highest BCUT2D eigenvalue weighted by molar-refractivity contribution is 5.89. The van der Waals surface area contributed by atoms with Crippen LogP contribution in [0.4, 0.5) is 14.9 Å². The maximum absolute atomic E-state index is 14.6. The summed E-state index contributed by atoms with van der Waals surface area (Å²) in [6.07, 6.45) is 5.44. The van der Waals surface area contributed by atoms with E-state index in [1.807, 2.05) is 18.0 Å². The molecule has 2 heterocycles. The first kappa shape index (κ1) is 30.4. The van der Waals surface area contributed by atoms with Gasteiger partial charge in [0.05, 0.1) is 18.3 Å². The summed E-state index contributed by atoms with van der Waals surface area (Å²) in [4.78, 5) is 27.4. The predicted octanol–water partition coefficient (Wildman–Crippen LogP) is 0.383. The molecule has 0 aliphatic carbocycles. The van der Waals surface area contributed by atoms with E-state index in [9.17, 15) is 9.18 Å². The molecule has 2 aliphatic rings. The Morgan fingerprint density at radius 3 is 2.41 bits per heavy atom. The van der Waals surface area contributed by atoms with Crippen LogP contribution in [0.2, 0.25) is 0 Å². The molecule has 34 heavy (non-hydrogen) atoms. The fraction of sp³-hybridized carbons (Fsp3) is 0.409. The number of allylic oxidation sites excluding steroid dienone is 1. The SMILES string of the molecule is CC=O.CN.CN=C(N)N.CNCC1CN(c2ccc(C3C=CC(N)=CN3C)c(F)c2)C(=O)O1. The summed E-state index contributed by atoms with van der Waals surface area (Å²) in [6.45, 7) is 2.41. The second kappa shape index (κ2) is 16.0. The summed E-state index contributed by atoms with van der Waals surface area (Å²) in [5.41, 5.74) is 21.5. The van der Waals surface area contributed by atoms with Crippen LogP contribution in [0, 0.1) is 5.82 Å². The van der Waals surface area contributed by atoms with Crippen molar-refractivity contribution in [3.8, 4) is 0 Å². The van der Waals surface area contributed by atoms with Gasteiger partial charge >= 0.3 is 6.09 Å². The third-order valence-corrected chi connectivity index (χ3v) is 4.44. The first-order valence-corrected chi connectivity index (χ1v) is 10.4. The first-order chi connectivity index (χ1) is 16.2. The molecule has 190 valence electrons. The van der Waals surface area contributed by atoms with Crippen molar-refractivity contribution in [2.45, 2.75) is 19.1 Å². The minimum absolute atomic E-state index is 0.130. The Kier molecular flexibility index (Phi) is 14.3. The Bertz CT molecular complexity index is 872. The van der Waals surface area contributed by atoms with E-state index < -0.39 is 6.09 Å². The number of guanidine groups is 1. The molecule has 1 fully saturated rings. The lowest BCUT2D eigenvalue weighted by Gasteiger charge is -2.28. The predicted molar refractivity (Wildman–Crippen MR) is 133 cm³/mol. The minimum Gasteiger partial charge on any atom is -0.443 e. The van der Waals surface area contributed by atoms with Crippen LogP contribution in [0.1, 0.15) is 18.5 Å². The van der Waals surface area contributed by atoms with Gasteiger partial charge in [0.25, 0.3) is 0 Å². The third-order valence-electron chi connectivity index (χ3n) is 4.44. The molecular weight excluding hydrogens is 443 g/mol. The number of nitrogens with zero attached hydrogens (tertiary/aromatic N) is 3. The Morgan fingerprint density at radius 1 is 1.35 bits per heavy atom. The molecular formula is C22H37FN8O3. The highest BCUT2D eigenvalue weighted by Gasteiger charge is 2.32. The fourth-order valence-electron chi connectivity index (χ4n) is 3.01. The second-order valence-electron chi connectivity index (χ2n) is 6.86. The Hall–Kier alpha value is -3.64. The van der Waals surface area contributed by atoms with Crippen LogP contribution in [0.3, 0.4) is 0 Å².